The smallest absolute Gasteiger partial charge is 0.308 e. The molecule has 0 aromatic heterocycles. The SMILES string of the molecule is CCCC(CNC(=O)c1cccc(OC)c1O)C(=O)O. The first kappa shape index (κ1) is 15.8. The average Bonchev–Trinajstić information content (AvgIpc) is 2.43. The summed E-state index contributed by atoms with van der Waals surface area (Å²) in [5.74, 6) is -2.15. The molecule has 1 atom stereocenters. The third-order valence-electron chi connectivity index (χ3n) is 2.96. The number of carbonyl (C=O) groups excluding carboxylic acids is 1. The second-order valence-electron chi connectivity index (χ2n) is 4.39. The van der Waals surface area contributed by atoms with Gasteiger partial charge in [0.2, 0.25) is 0 Å². The van der Waals surface area contributed by atoms with Gasteiger partial charge in [0.05, 0.1) is 18.6 Å². The molecule has 0 bridgehead atoms. The minimum absolute atomic E-state index is 0.0264. The number of aromatic hydroxyl groups is 1. The molecule has 3 N–H and O–H groups in total. The molecule has 0 heterocycles. The largest absolute Gasteiger partial charge is 0.504 e. The van der Waals surface area contributed by atoms with Gasteiger partial charge in [-0.05, 0) is 18.6 Å². The summed E-state index contributed by atoms with van der Waals surface area (Å²) < 4.78 is 4.91. The van der Waals surface area contributed by atoms with Crippen LogP contribution >= 0.6 is 0 Å². The maximum Gasteiger partial charge on any atom is 0.308 e. The van der Waals surface area contributed by atoms with Crippen molar-refractivity contribution in [3.8, 4) is 11.5 Å². The molecular weight excluding hydrogens is 262 g/mol. The van der Waals surface area contributed by atoms with E-state index in [-0.39, 0.29) is 23.6 Å². The lowest BCUT2D eigenvalue weighted by Gasteiger charge is -2.13. The van der Waals surface area contributed by atoms with Crippen LogP contribution in [0, 0.1) is 5.92 Å². The van der Waals surface area contributed by atoms with Gasteiger partial charge in [0, 0.05) is 6.54 Å². The summed E-state index contributed by atoms with van der Waals surface area (Å²) in [6, 6.07) is 4.56. The zero-order chi connectivity index (χ0) is 15.1. The van der Waals surface area contributed by atoms with Crippen LogP contribution in [0.1, 0.15) is 30.1 Å². The highest BCUT2D eigenvalue weighted by Crippen LogP contribution is 2.29. The molecule has 110 valence electrons. The van der Waals surface area contributed by atoms with Crippen LogP contribution in [0.3, 0.4) is 0 Å². The number of para-hydroxylation sites is 1. The van der Waals surface area contributed by atoms with Gasteiger partial charge in [-0.2, -0.15) is 0 Å². The lowest BCUT2D eigenvalue weighted by atomic mass is 10.0. The van der Waals surface area contributed by atoms with Crippen molar-refractivity contribution in [1.29, 1.82) is 0 Å². The summed E-state index contributed by atoms with van der Waals surface area (Å²) in [4.78, 5) is 22.9. The Morgan fingerprint density at radius 3 is 2.65 bits per heavy atom. The second-order valence-corrected chi connectivity index (χ2v) is 4.39. The lowest BCUT2D eigenvalue weighted by Crippen LogP contribution is -2.33. The Balaban J connectivity index is 2.74. The van der Waals surface area contributed by atoms with Gasteiger partial charge in [0.25, 0.3) is 5.91 Å². The van der Waals surface area contributed by atoms with Gasteiger partial charge >= 0.3 is 5.97 Å². The number of phenols is 1. The van der Waals surface area contributed by atoms with Crippen molar-refractivity contribution in [2.24, 2.45) is 5.92 Å². The number of amides is 1. The summed E-state index contributed by atoms with van der Waals surface area (Å²) in [5.41, 5.74) is 0.0602. The Kier molecular flexibility index (Phi) is 5.83. The summed E-state index contributed by atoms with van der Waals surface area (Å²) >= 11 is 0. The molecule has 0 aliphatic carbocycles. The fraction of sp³-hybridized carbons (Fsp3) is 0.429. The number of nitrogens with one attached hydrogen (secondary N) is 1. The number of benzene rings is 1. The van der Waals surface area contributed by atoms with Crippen LogP contribution in [0.5, 0.6) is 11.5 Å². The number of carbonyl (C=O) groups is 2. The average molecular weight is 281 g/mol. The van der Waals surface area contributed by atoms with E-state index < -0.39 is 17.8 Å². The van der Waals surface area contributed by atoms with Crippen LogP contribution in [0.15, 0.2) is 18.2 Å². The number of hydrogen-bond acceptors (Lipinski definition) is 4. The molecule has 0 aliphatic heterocycles. The molecule has 6 heteroatoms. The van der Waals surface area contributed by atoms with Gasteiger partial charge in [-0.25, -0.2) is 0 Å². The first-order valence-electron chi connectivity index (χ1n) is 6.38. The van der Waals surface area contributed by atoms with Gasteiger partial charge in [-0.3, -0.25) is 9.59 Å². The van der Waals surface area contributed by atoms with Crippen LogP contribution in [-0.4, -0.2) is 35.7 Å². The van der Waals surface area contributed by atoms with Crippen molar-refractivity contribution in [2.75, 3.05) is 13.7 Å². The zero-order valence-electron chi connectivity index (χ0n) is 11.5. The molecule has 0 aliphatic rings. The van der Waals surface area contributed by atoms with E-state index in [2.05, 4.69) is 5.32 Å². The highest BCUT2D eigenvalue weighted by atomic mass is 16.5. The van der Waals surface area contributed by atoms with E-state index in [4.69, 9.17) is 9.84 Å². The van der Waals surface area contributed by atoms with Crippen molar-refractivity contribution in [1.82, 2.24) is 5.32 Å². The Morgan fingerprint density at radius 2 is 2.10 bits per heavy atom. The molecule has 0 saturated carbocycles. The fourth-order valence-electron chi connectivity index (χ4n) is 1.84. The quantitative estimate of drug-likeness (QED) is 0.706. The first-order chi connectivity index (χ1) is 9.51. The number of ether oxygens (including phenoxy) is 1. The highest BCUT2D eigenvalue weighted by Gasteiger charge is 2.19. The van der Waals surface area contributed by atoms with E-state index in [1.54, 1.807) is 6.07 Å². The molecule has 1 aromatic rings. The molecule has 6 nitrogen and oxygen atoms in total. The van der Waals surface area contributed by atoms with E-state index >= 15 is 0 Å². The Hall–Kier alpha value is -2.24. The Morgan fingerprint density at radius 1 is 1.40 bits per heavy atom. The molecular formula is C14H19NO5. The monoisotopic (exact) mass is 281 g/mol. The first-order valence-corrected chi connectivity index (χ1v) is 6.38. The van der Waals surface area contributed by atoms with E-state index in [9.17, 15) is 14.7 Å². The normalized spacial score (nSPS) is 11.7. The minimum atomic E-state index is -0.943. The predicted molar refractivity (Wildman–Crippen MR) is 73.0 cm³/mol. The minimum Gasteiger partial charge on any atom is -0.504 e. The van der Waals surface area contributed by atoms with Gasteiger partial charge < -0.3 is 20.3 Å². The Labute approximate surface area is 117 Å². The summed E-state index contributed by atoms with van der Waals surface area (Å²) in [7, 11) is 1.39. The zero-order valence-corrected chi connectivity index (χ0v) is 11.5. The van der Waals surface area contributed by atoms with Crippen LogP contribution < -0.4 is 10.1 Å². The van der Waals surface area contributed by atoms with Crippen LogP contribution in [-0.2, 0) is 4.79 Å². The van der Waals surface area contributed by atoms with Crippen LogP contribution in [0.25, 0.3) is 0 Å². The number of aliphatic carboxylic acids is 1. The lowest BCUT2D eigenvalue weighted by molar-refractivity contribution is -0.141. The summed E-state index contributed by atoms with van der Waals surface area (Å²) in [6.07, 6.45) is 1.21. The van der Waals surface area contributed by atoms with Gasteiger partial charge in [-0.15, -0.1) is 0 Å². The number of phenolic OH excluding ortho intramolecular Hbond substituents is 1. The molecule has 0 saturated heterocycles. The predicted octanol–water partition coefficient (Wildman–Crippen LogP) is 1.63. The highest BCUT2D eigenvalue weighted by molar-refractivity contribution is 5.97. The van der Waals surface area contributed by atoms with Crippen LogP contribution in [0.4, 0.5) is 0 Å². The van der Waals surface area contributed by atoms with E-state index in [1.165, 1.54) is 19.2 Å². The molecule has 0 radical (unpaired) electrons. The van der Waals surface area contributed by atoms with Crippen LogP contribution in [0.2, 0.25) is 0 Å². The molecule has 0 spiro atoms. The topological polar surface area (TPSA) is 95.9 Å². The number of hydrogen-bond donors (Lipinski definition) is 3. The van der Waals surface area contributed by atoms with Crippen molar-refractivity contribution < 1.29 is 24.5 Å². The standard InChI is InChI=1S/C14H19NO5/c1-3-5-9(14(18)19)8-15-13(17)10-6-4-7-11(20-2)12(10)16/h4,6-7,9,16H,3,5,8H2,1-2H3,(H,15,17)(H,18,19). The van der Waals surface area contributed by atoms with Crippen molar-refractivity contribution in [3.05, 3.63) is 23.8 Å². The Bertz CT molecular complexity index is 486. The second kappa shape index (κ2) is 7.37. The van der Waals surface area contributed by atoms with Gasteiger partial charge in [0.1, 0.15) is 0 Å². The third-order valence-corrected chi connectivity index (χ3v) is 2.96. The molecule has 20 heavy (non-hydrogen) atoms. The van der Waals surface area contributed by atoms with Gasteiger partial charge in [-0.1, -0.05) is 19.4 Å². The van der Waals surface area contributed by atoms with Crippen molar-refractivity contribution >= 4 is 11.9 Å². The van der Waals surface area contributed by atoms with Crippen molar-refractivity contribution in [3.63, 3.8) is 0 Å². The number of rotatable bonds is 7. The van der Waals surface area contributed by atoms with E-state index in [0.29, 0.717) is 6.42 Å². The number of carboxylic acid groups (broad SMARTS) is 1. The molecule has 1 rings (SSSR count). The molecule has 1 unspecified atom stereocenters. The maximum atomic E-state index is 11.9. The molecule has 1 aromatic carbocycles. The molecule has 0 fully saturated rings. The maximum absolute atomic E-state index is 11.9. The van der Waals surface area contributed by atoms with Gasteiger partial charge in [0.15, 0.2) is 11.5 Å². The number of methoxy groups -OCH3 is 1. The fourth-order valence-corrected chi connectivity index (χ4v) is 1.84. The van der Waals surface area contributed by atoms with E-state index in [1.807, 2.05) is 6.92 Å². The van der Waals surface area contributed by atoms with Crippen molar-refractivity contribution in [2.45, 2.75) is 19.8 Å². The summed E-state index contributed by atoms with van der Waals surface area (Å²) in [5, 5.41) is 21.4. The molecule has 1 amide bonds. The van der Waals surface area contributed by atoms with E-state index in [0.717, 1.165) is 6.42 Å². The number of carboxylic acids is 1. The summed E-state index contributed by atoms with van der Waals surface area (Å²) in [6.45, 7) is 1.91. The third kappa shape index (κ3) is 3.88.